The summed E-state index contributed by atoms with van der Waals surface area (Å²) in [6.07, 6.45) is 57.8. The fourth-order valence-corrected chi connectivity index (χ4v) is 6.73. The highest BCUT2D eigenvalue weighted by Gasteiger charge is 2.24. The summed E-state index contributed by atoms with van der Waals surface area (Å²) in [5.74, 6) is -0.551. The van der Waals surface area contributed by atoms with Crippen molar-refractivity contribution in [2.24, 2.45) is 0 Å². The molecule has 0 fully saturated rings. The van der Waals surface area contributed by atoms with Crippen LogP contribution in [-0.4, -0.2) is 46.9 Å². The number of allylic oxidation sites excluding steroid dienone is 14. The van der Waals surface area contributed by atoms with Crippen LogP contribution in [0, 0.1) is 0 Å². The Balaban J connectivity index is 4.73. The van der Waals surface area contributed by atoms with E-state index in [4.69, 9.17) is 4.74 Å². The summed E-state index contributed by atoms with van der Waals surface area (Å²) in [7, 11) is 0. The van der Waals surface area contributed by atoms with E-state index in [0.717, 1.165) is 89.9 Å². The van der Waals surface area contributed by atoms with E-state index in [9.17, 15) is 19.8 Å². The van der Waals surface area contributed by atoms with Crippen molar-refractivity contribution in [1.82, 2.24) is 5.32 Å². The Kier molecular flexibility index (Phi) is 42.8. The monoisotopic (exact) mass is 808 g/mol. The van der Waals surface area contributed by atoms with E-state index in [1.807, 2.05) is 42.5 Å². The molecule has 3 N–H and O–H groups in total. The normalized spacial score (nSPS) is 14.1. The first-order valence-corrected chi connectivity index (χ1v) is 23.9. The first-order valence-electron chi connectivity index (χ1n) is 23.9. The molecular weight excluding hydrogens is 719 g/mol. The summed E-state index contributed by atoms with van der Waals surface area (Å²) < 4.78 is 5.89. The maximum absolute atomic E-state index is 13.2. The number of carbonyl (C=O) groups excluding carboxylic acids is 2. The van der Waals surface area contributed by atoms with Crippen LogP contribution < -0.4 is 5.32 Å². The molecule has 0 heterocycles. The van der Waals surface area contributed by atoms with Gasteiger partial charge in [0.25, 0.3) is 0 Å². The van der Waals surface area contributed by atoms with E-state index in [-0.39, 0.29) is 24.9 Å². The molecule has 3 atom stereocenters. The van der Waals surface area contributed by atoms with Gasteiger partial charge in [0.1, 0.15) is 6.10 Å². The lowest BCUT2D eigenvalue weighted by Gasteiger charge is -2.24. The average Bonchev–Trinajstić information content (AvgIpc) is 3.22. The van der Waals surface area contributed by atoms with Crippen molar-refractivity contribution in [2.75, 3.05) is 6.61 Å². The molecule has 6 heteroatoms. The Morgan fingerprint density at radius 3 is 1.47 bits per heavy atom. The molecule has 0 saturated carbocycles. The number of unbranched alkanes of at least 4 members (excludes halogenated alkanes) is 20. The van der Waals surface area contributed by atoms with Gasteiger partial charge in [0, 0.05) is 6.42 Å². The first-order chi connectivity index (χ1) is 28.5. The zero-order valence-electron chi connectivity index (χ0n) is 37.6. The van der Waals surface area contributed by atoms with E-state index in [2.05, 4.69) is 68.6 Å². The van der Waals surface area contributed by atoms with E-state index >= 15 is 0 Å². The second-order valence-corrected chi connectivity index (χ2v) is 15.9. The van der Waals surface area contributed by atoms with Gasteiger partial charge in [0.05, 0.1) is 25.2 Å². The van der Waals surface area contributed by atoms with Crippen molar-refractivity contribution in [3.05, 3.63) is 85.1 Å². The molecule has 0 radical (unpaired) electrons. The fourth-order valence-electron chi connectivity index (χ4n) is 6.73. The summed E-state index contributed by atoms with van der Waals surface area (Å²) in [5.41, 5.74) is 0. The molecule has 3 unspecified atom stereocenters. The molecule has 0 aliphatic heterocycles. The molecule has 0 bridgehead atoms. The Morgan fingerprint density at radius 1 is 0.517 bits per heavy atom. The zero-order chi connectivity index (χ0) is 42.4. The predicted octanol–water partition coefficient (Wildman–Crippen LogP) is 14.0. The summed E-state index contributed by atoms with van der Waals surface area (Å²) in [6.45, 7) is 6.27. The van der Waals surface area contributed by atoms with Crippen molar-refractivity contribution >= 4 is 11.9 Å². The van der Waals surface area contributed by atoms with Crippen LogP contribution in [-0.2, 0) is 14.3 Å². The van der Waals surface area contributed by atoms with Crippen LogP contribution >= 0.6 is 0 Å². The molecule has 1 amide bonds. The number of rotatable bonds is 41. The van der Waals surface area contributed by atoms with E-state index < -0.39 is 18.2 Å². The summed E-state index contributed by atoms with van der Waals surface area (Å²) in [6, 6.07) is -0.720. The molecule has 0 rings (SSSR count). The molecule has 0 aliphatic rings. The fraction of sp³-hybridized carbons (Fsp3) is 0.692. The maximum Gasteiger partial charge on any atom is 0.306 e. The molecule has 6 nitrogen and oxygen atoms in total. The SMILES string of the molecule is CC/C=C/C=C/C=C\C=C/C=C/CCCCCC(=O)OC(CCCCCC/C=C/C=C/CCCCC)CC(=O)NC(CO)C(O)CCCCCCCCCCCCC. The van der Waals surface area contributed by atoms with Crippen molar-refractivity contribution in [1.29, 1.82) is 0 Å². The van der Waals surface area contributed by atoms with Crippen LogP contribution in [0.15, 0.2) is 85.1 Å². The highest BCUT2D eigenvalue weighted by atomic mass is 16.5. The van der Waals surface area contributed by atoms with Crippen LogP contribution in [0.2, 0.25) is 0 Å². The first kappa shape index (κ1) is 55.0. The zero-order valence-corrected chi connectivity index (χ0v) is 37.6. The lowest BCUT2D eigenvalue weighted by Crippen LogP contribution is -2.46. The molecule has 0 aromatic heterocycles. The smallest absolute Gasteiger partial charge is 0.306 e. The van der Waals surface area contributed by atoms with Crippen molar-refractivity contribution in [3.63, 3.8) is 0 Å². The highest BCUT2D eigenvalue weighted by molar-refractivity contribution is 5.77. The Morgan fingerprint density at radius 2 is 0.931 bits per heavy atom. The molecular formula is C52H89NO5. The minimum Gasteiger partial charge on any atom is -0.462 e. The molecule has 0 aromatic rings. The average molecular weight is 808 g/mol. The van der Waals surface area contributed by atoms with Crippen LogP contribution in [0.1, 0.15) is 207 Å². The highest BCUT2D eigenvalue weighted by Crippen LogP contribution is 2.17. The second kappa shape index (κ2) is 45.1. The van der Waals surface area contributed by atoms with Crippen LogP contribution in [0.25, 0.3) is 0 Å². The molecule has 0 saturated heterocycles. The van der Waals surface area contributed by atoms with E-state index in [1.54, 1.807) is 0 Å². The minimum absolute atomic E-state index is 0.0421. The van der Waals surface area contributed by atoms with Gasteiger partial charge in [-0.2, -0.15) is 0 Å². The van der Waals surface area contributed by atoms with Crippen LogP contribution in [0.3, 0.4) is 0 Å². The van der Waals surface area contributed by atoms with Gasteiger partial charge in [-0.1, -0.05) is 209 Å². The van der Waals surface area contributed by atoms with Crippen LogP contribution in [0.4, 0.5) is 0 Å². The molecule has 332 valence electrons. The van der Waals surface area contributed by atoms with Gasteiger partial charge in [-0.15, -0.1) is 0 Å². The third-order valence-electron chi connectivity index (χ3n) is 10.4. The van der Waals surface area contributed by atoms with Crippen molar-refractivity contribution < 1.29 is 24.5 Å². The number of aliphatic hydroxyl groups excluding tert-OH is 2. The molecule has 0 aliphatic carbocycles. The lowest BCUT2D eigenvalue weighted by atomic mass is 10.0. The Labute approximate surface area is 357 Å². The third kappa shape index (κ3) is 39.8. The number of aliphatic hydroxyl groups is 2. The molecule has 58 heavy (non-hydrogen) atoms. The van der Waals surface area contributed by atoms with E-state index in [1.165, 1.54) is 70.6 Å². The summed E-state index contributed by atoms with van der Waals surface area (Å²) in [4.78, 5) is 26.0. The summed E-state index contributed by atoms with van der Waals surface area (Å²) in [5, 5.41) is 23.7. The topological polar surface area (TPSA) is 95.9 Å². The van der Waals surface area contributed by atoms with Gasteiger partial charge in [-0.05, 0) is 70.6 Å². The van der Waals surface area contributed by atoms with Gasteiger partial charge >= 0.3 is 5.97 Å². The van der Waals surface area contributed by atoms with Gasteiger partial charge in [0.2, 0.25) is 5.91 Å². The number of hydrogen-bond acceptors (Lipinski definition) is 5. The number of hydrogen-bond donors (Lipinski definition) is 3. The standard InChI is InChI=1S/C52H89NO5/c1-4-7-10-13-16-19-22-24-25-27-30-33-36-39-42-45-52(57)58-48(43-40-37-34-31-29-26-23-20-17-14-11-8-5-2)46-51(56)53-49(47-54)50(55)44-41-38-35-32-28-21-18-15-12-9-6-3/h7,10,13,16-17,19-20,22-27,30,48-50,54-55H,4-6,8-9,11-12,14-15,18,21,28-29,31-47H2,1-3H3,(H,53,56)/b10-7+,16-13+,20-17+,22-19-,25-24-,26-23+,30-27+. The number of nitrogens with one attached hydrogen (secondary N) is 1. The Bertz CT molecular complexity index is 1130. The van der Waals surface area contributed by atoms with E-state index in [0.29, 0.717) is 19.3 Å². The van der Waals surface area contributed by atoms with Crippen molar-refractivity contribution in [2.45, 2.75) is 225 Å². The predicted molar refractivity (Wildman–Crippen MR) is 250 cm³/mol. The number of ether oxygens (including phenoxy) is 1. The summed E-state index contributed by atoms with van der Waals surface area (Å²) >= 11 is 0. The second-order valence-electron chi connectivity index (χ2n) is 15.9. The van der Waals surface area contributed by atoms with Gasteiger partial charge in [-0.3, -0.25) is 9.59 Å². The number of carbonyl (C=O) groups is 2. The minimum atomic E-state index is -0.804. The maximum atomic E-state index is 13.2. The van der Waals surface area contributed by atoms with Gasteiger partial charge < -0.3 is 20.3 Å². The molecule has 0 aromatic carbocycles. The largest absolute Gasteiger partial charge is 0.462 e. The Hall–Kier alpha value is -2.96. The quantitative estimate of drug-likeness (QED) is 0.0325. The third-order valence-corrected chi connectivity index (χ3v) is 10.4. The van der Waals surface area contributed by atoms with Gasteiger partial charge in [0.15, 0.2) is 0 Å². The van der Waals surface area contributed by atoms with Crippen molar-refractivity contribution in [3.8, 4) is 0 Å². The number of amides is 1. The molecule has 0 spiro atoms. The number of esters is 1. The lowest BCUT2D eigenvalue weighted by molar-refractivity contribution is -0.151. The van der Waals surface area contributed by atoms with Gasteiger partial charge in [-0.25, -0.2) is 0 Å². The van der Waals surface area contributed by atoms with Crippen LogP contribution in [0.5, 0.6) is 0 Å².